The van der Waals surface area contributed by atoms with Crippen LogP contribution in [0.25, 0.3) is 0 Å². The minimum Gasteiger partial charge on any atom is -0.444 e. The lowest BCUT2D eigenvalue weighted by Crippen LogP contribution is -2.60. The lowest BCUT2D eigenvalue weighted by atomic mass is 9.66. The molecule has 0 aromatic carbocycles. The number of carbonyl (C=O) groups is 2. The standard InChI is InChI=1S/C14H23NO3/c1-13(2,3)18-12(17)15-9-14(10-15)6-4-11(8-16)5-7-14/h8,11H,4-7,9-10H2,1-3H3. The van der Waals surface area contributed by atoms with Crippen LogP contribution in [-0.4, -0.2) is 36.0 Å². The highest BCUT2D eigenvalue weighted by Crippen LogP contribution is 2.45. The summed E-state index contributed by atoms with van der Waals surface area (Å²) in [5, 5.41) is 0. The molecule has 2 aliphatic rings. The first-order valence-electron chi connectivity index (χ1n) is 6.77. The number of hydrogen-bond donors (Lipinski definition) is 0. The maximum Gasteiger partial charge on any atom is 0.410 e. The number of hydrogen-bond acceptors (Lipinski definition) is 3. The monoisotopic (exact) mass is 253 g/mol. The van der Waals surface area contributed by atoms with Gasteiger partial charge in [0.25, 0.3) is 0 Å². The minimum absolute atomic E-state index is 0.203. The number of aldehydes is 1. The van der Waals surface area contributed by atoms with Gasteiger partial charge in [-0.1, -0.05) is 0 Å². The highest BCUT2D eigenvalue weighted by Gasteiger charge is 2.47. The van der Waals surface area contributed by atoms with Crippen LogP contribution >= 0.6 is 0 Å². The zero-order valence-corrected chi connectivity index (χ0v) is 11.6. The van der Waals surface area contributed by atoms with Crippen molar-refractivity contribution in [1.82, 2.24) is 4.90 Å². The van der Waals surface area contributed by atoms with Crippen molar-refractivity contribution in [2.24, 2.45) is 11.3 Å². The summed E-state index contributed by atoms with van der Waals surface area (Å²) in [5.74, 6) is 0.242. The van der Waals surface area contributed by atoms with E-state index in [0.717, 1.165) is 45.1 Å². The second-order valence-electron chi connectivity index (χ2n) is 6.81. The third kappa shape index (κ3) is 2.85. The van der Waals surface area contributed by atoms with Crippen LogP contribution in [0.15, 0.2) is 0 Å². The van der Waals surface area contributed by atoms with Crippen molar-refractivity contribution in [1.29, 1.82) is 0 Å². The van der Waals surface area contributed by atoms with Gasteiger partial charge in [0.1, 0.15) is 11.9 Å². The van der Waals surface area contributed by atoms with E-state index >= 15 is 0 Å². The number of amides is 1. The molecule has 1 aliphatic carbocycles. The lowest BCUT2D eigenvalue weighted by Gasteiger charge is -2.52. The summed E-state index contributed by atoms with van der Waals surface area (Å²) in [7, 11) is 0. The van der Waals surface area contributed by atoms with Crippen LogP contribution in [-0.2, 0) is 9.53 Å². The summed E-state index contributed by atoms with van der Waals surface area (Å²) >= 11 is 0. The molecular formula is C14H23NO3. The molecule has 2 rings (SSSR count). The van der Waals surface area contributed by atoms with Gasteiger partial charge < -0.3 is 14.4 Å². The Morgan fingerprint density at radius 3 is 2.28 bits per heavy atom. The maximum absolute atomic E-state index is 11.8. The molecule has 0 aromatic heterocycles. The molecule has 1 amide bonds. The number of carbonyl (C=O) groups excluding carboxylic acids is 2. The number of nitrogens with zero attached hydrogens (tertiary/aromatic N) is 1. The van der Waals surface area contributed by atoms with E-state index in [9.17, 15) is 9.59 Å². The van der Waals surface area contributed by atoms with E-state index in [-0.39, 0.29) is 17.4 Å². The van der Waals surface area contributed by atoms with Crippen molar-refractivity contribution < 1.29 is 14.3 Å². The molecule has 2 fully saturated rings. The molecule has 1 spiro atoms. The van der Waals surface area contributed by atoms with Crippen LogP contribution in [0.4, 0.5) is 4.79 Å². The van der Waals surface area contributed by atoms with Crippen molar-refractivity contribution in [2.75, 3.05) is 13.1 Å². The van der Waals surface area contributed by atoms with Crippen LogP contribution in [0.1, 0.15) is 46.5 Å². The Morgan fingerprint density at radius 2 is 1.83 bits per heavy atom. The second kappa shape index (κ2) is 4.56. The first-order valence-corrected chi connectivity index (χ1v) is 6.77. The predicted octanol–water partition coefficient (Wildman–Crippen LogP) is 2.61. The second-order valence-corrected chi connectivity index (χ2v) is 6.81. The SMILES string of the molecule is CC(C)(C)OC(=O)N1CC2(CCC(C=O)CC2)C1. The molecule has 1 aliphatic heterocycles. The number of likely N-dealkylation sites (tertiary alicyclic amines) is 1. The first kappa shape index (κ1) is 13.4. The maximum atomic E-state index is 11.8. The fraction of sp³-hybridized carbons (Fsp3) is 0.857. The van der Waals surface area contributed by atoms with Gasteiger partial charge >= 0.3 is 6.09 Å². The summed E-state index contributed by atoms with van der Waals surface area (Å²) in [5.41, 5.74) is -0.147. The van der Waals surface area contributed by atoms with Gasteiger partial charge in [-0.3, -0.25) is 0 Å². The molecule has 1 heterocycles. The Balaban J connectivity index is 1.80. The van der Waals surface area contributed by atoms with Crippen molar-refractivity contribution in [3.05, 3.63) is 0 Å². The topological polar surface area (TPSA) is 46.6 Å². The van der Waals surface area contributed by atoms with Crippen molar-refractivity contribution >= 4 is 12.4 Å². The fourth-order valence-corrected chi connectivity index (χ4v) is 2.92. The van der Waals surface area contributed by atoms with Gasteiger partial charge in [-0.15, -0.1) is 0 Å². The van der Waals surface area contributed by atoms with E-state index in [1.165, 1.54) is 0 Å². The van der Waals surface area contributed by atoms with E-state index in [4.69, 9.17) is 4.74 Å². The largest absolute Gasteiger partial charge is 0.444 e. The lowest BCUT2D eigenvalue weighted by molar-refractivity contribution is -0.114. The Hall–Kier alpha value is -1.06. The van der Waals surface area contributed by atoms with Gasteiger partial charge in [0.15, 0.2) is 0 Å². The van der Waals surface area contributed by atoms with Crippen molar-refractivity contribution in [2.45, 2.75) is 52.1 Å². The van der Waals surface area contributed by atoms with Crippen LogP contribution in [0.2, 0.25) is 0 Å². The van der Waals surface area contributed by atoms with E-state index < -0.39 is 5.60 Å². The normalized spacial score (nSPS) is 23.6. The zero-order chi connectivity index (χ0) is 13.4. The van der Waals surface area contributed by atoms with Crippen LogP contribution < -0.4 is 0 Å². The highest BCUT2D eigenvalue weighted by molar-refractivity contribution is 5.69. The predicted molar refractivity (Wildman–Crippen MR) is 68.3 cm³/mol. The third-order valence-corrected chi connectivity index (χ3v) is 3.99. The summed E-state index contributed by atoms with van der Waals surface area (Å²) in [4.78, 5) is 24.3. The van der Waals surface area contributed by atoms with Gasteiger partial charge in [-0.2, -0.15) is 0 Å². The average molecular weight is 253 g/mol. The average Bonchev–Trinajstić information content (AvgIpc) is 2.23. The number of rotatable bonds is 1. The molecule has 0 atom stereocenters. The van der Waals surface area contributed by atoms with E-state index in [2.05, 4.69) is 0 Å². The Kier molecular flexibility index (Phi) is 3.39. The molecule has 0 radical (unpaired) electrons. The molecule has 1 saturated heterocycles. The van der Waals surface area contributed by atoms with E-state index in [1.807, 2.05) is 20.8 Å². The van der Waals surface area contributed by atoms with Gasteiger partial charge in [0, 0.05) is 24.4 Å². The molecule has 0 bridgehead atoms. The number of ether oxygens (including phenoxy) is 1. The van der Waals surface area contributed by atoms with Crippen molar-refractivity contribution in [3.8, 4) is 0 Å². The van der Waals surface area contributed by atoms with Gasteiger partial charge in [0.2, 0.25) is 0 Å². The quantitative estimate of drug-likeness (QED) is 0.675. The van der Waals surface area contributed by atoms with Crippen LogP contribution in [0.5, 0.6) is 0 Å². The Morgan fingerprint density at radius 1 is 1.28 bits per heavy atom. The highest BCUT2D eigenvalue weighted by atomic mass is 16.6. The molecule has 1 saturated carbocycles. The van der Waals surface area contributed by atoms with Gasteiger partial charge in [0.05, 0.1) is 0 Å². The molecular weight excluding hydrogens is 230 g/mol. The smallest absolute Gasteiger partial charge is 0.410 e. The minimum atomic E-state index is -0.422. The molecule has 0 unspecified atom stereocenters. The fourth-order valence-electron chi connectivity index (χ4n) is 2.92. The van der Waals surface area contributed by atoms with E-state index in [0.29, 0.717) is 0 Å². The molecule has 18 heavy (non-hydrogen) atoms. The molecule has 4 heteroatoms. The summed E-state index contributed by atoms with van der Waals surface area (Å²) < 4.78 is 5.35. The van der Waals surface area contributed by atoms with Gasteiger partial charge in [-0.25, -0.2) is 4.79 Å². The van der Waals surface area contributed by atoms with Gasteiger partial charge in [-0.05, 0) is 46.5 Å². The summed E-state index contributed by atoms with van der Waals surface area (Å²) in [6, 6.07) is 0. The Bertz CT molecular complexity index is 329. The summed E-state index contributed by atoms with van der Waals surface area (Å²) in [6.45, 7) is 7.25. The molecule has 0 aromatic rings. The third-order valence-electron chi connectivity index (χ3n) is 3.99. The molecule has 102 valence electrons. The Labute approximate surface area is 109 Å². The molecule has 0 N–H and O–H groups in total. The van der Waals surface area contributed by atoms with Crippen LogP contribution in [0, 0.1) is 11.3 Å². The zero-order valence-electron chi connectivity index (χ0n) is 11.6. The van der Waals surface area contributed by atoms with Crippen LogP contribution in [0.3, 0.4) is 0 Å². The van der Waals surface area contributed by atoms with E-state index in [1.54, 1.807) is 4.90 Å². The first-order chi connectivity index (χ1) is 8.34. The molecule has 4 nitrogen and oxygen atoms in total. The summed E-state index contributed by atoms with van der Waals surface area (Å²) in [6.07, 6.45) is 4.96. The van der Waals surface area contributed by atoms with Crippen molar-refractivity contribution in [3.63, 3.8) is 0 Å².